The second-order valence-electron chi connectivity index (χ2n) is 7.42. The van der Waals surface area contributed by atoms with Gasteiger partial charge in [-0.25, -0.2) is 14.2 Å². The first-order valence-electron chi connectivity index (χ1n) is 9.11. The lowest BCUT2D eigenvalue weighted by atomic mass is 9.77. The van der Waals surface area contributed by atoms with Gasteiger partial charge in [-0.15, -0.1) is 10.2 Å². The third kappa shape index (κ3) is 2.40. The highest BCUT2D eigenvalue weighted by molar-refractivity contribution is 5.65. The number of fused-ring (bicyclic) bond motifs is 2. The van der Waals surface area contributed by atoms with Crippen LogP contribution in [0.25, 0.3) is 17.8 Å². The van der Waals surface area contributed by atoms with Crippen molar-refractivity contribution in [2.24, 2.45) is 18.9 Å². The molecular formula is C18H22N8. The molecule has 0 N–H and O–H groups in total. The Kier molecular flexibility index (Phi) is 3.35. The summed E-state index contributed by atoms with van der Waals surface area (Å²) in [5.41, 5.74) is 2.62. The lowest BCUT2D eigenvalue weighted by Crippen LogP contribution is -2.22. The summed E-state index contributed by atoms with van der Waals surface area (Å²) in [6.45, 7) is 6.10. The van der Waals surface area contributed by atoms with Crippen molar-refractivity contribution in [2.75, 3.05) is 18.0 Å². The maximum atomic E-state index is 4.71. The van der Waals surface area contributed by atoms with Gasteiger partial charge in [0.05, 0.1) is 11.4 Å². The molecule has 0 radical (unpaired) electrons. The Bertz CT molecular complexity index is 963. The van der Waals surface area contributed by atoms with Crippen LogP contribution in [0, 0.1) is 25.7 Å². The van der Waals surface area contributed by atoms with Gasteiger partial charge in [0.25, 0.3) is 0 Å². The van der Waals surface area contributed by atoms with E-state index in [1.54, 1.807) is 0 Å². The zero-order valence-corrected chi connectivity index (χ0v) is 15.3. The standard InChI is InChI=1S/C18H22N8/c1-11-8-19-12(2)17-20-15(22-26(11)17)6-7-16-21-18(23-24(16)3)25-9-13-4-5-14(13)10-25/h6-8,13-14H,4-5,9-10H2,1-3H3/b7-6+. The molecule has 134 valence electrons. The Morgan fingerprint density at radius 1 is 1.04 bits per heavy atom. The van der Waals surface area contributed by atoms with Crippen molar-refractivity contribution in [3.63, 3.8) is 0 Å². The summed E-state index contributed by atoms with van der Waals surface area (Å²) >= 11 is 0. The molecule has 26 heavy (non-hydrogen) atoms. The van der Waals surface area contributed by atoms with Crippen molar-refractivity contribution >= 4 is 23.7 Å². The number of hydrogen-bond acceptors (Lipinski definition) is 6. The highest BCUT2D eigenvalue weighted by Crippen LogP contribution is 2.41. The molecule has 2 unspecified atom stereocenters. The molecule has 3 aromatic heterocycles. The Labute approximate surface area is 151 Å². The van der Waals surface area contributed by atoms with Gasteiger partial charge in [0.15, 0.2) is 17.3 Å². The molecule has 1 saturated heterocycles. The Morgan fingerprint density at radius 3 is 2.50 bits per heavy atom. The number of hydrogen-bond donors (Lipinski definition) is 0. The van der Waals surface area contributed by atoms with Crippen molar-refractivity contribution in [1.82, 2.24) is 34.3 Å². The van der Waals surface area contributed by atoms with Crippen molar-refractivity contribution < 1.29 is 0 Å². The predicted octanol–water partition coefficient (Wildman–Crippen LogP) is 1.89. The lowest BCUT2D eigenvalue weighted by molar-refractivity contribution is 0.243. The molecule has 1 saturated carbocycles. The van der Waals surface area contributed by atoms with Crippen molar-refractivity contribution in [3.05, 3.63) is 29.2 Å². The zero-order chi connectivity index (χ0) is 17.8. The monoisotopic (exact) mass is 350 g/mol. The van der Waals surface area contributed by atoms with E-state index in [0.29, 0.717) is 5.82 Å². The first kappa shape index (κ1) is 15.5. The van der Waals surface area contributed by atoms with E-state index in [1.807, 2.05) is 48.4 Å². The molecule has 1 aliphatic heterocycles. The van der Waals surface area contributed by atoms with Crippen LogP contribution in [0.3, 0.4) is 0 Å². The van der Waals surface area contributed by atoms with Gasteiger partial charge >= 0.3 is 0 Å². The van der Waals surface area contributed by atoms with Crippen LogP contribution in [0.5, 0.6) is 0 Å². The number of nitrogens with zero attached hydrogens (tertiary/aromatic N) is 8. The lowest BCUT2D eigenvalue weighted by Gasteiger charge is -2.27. The van der Waals surface area contributed by atoms with E-state index in [2.05, 4.69) is 25.1 Å². The minimum absolute atomic E-state index is 0.646. The Hall–Kier alpha value is -2.77. The summed E-state index contributed by atoms with van der Waals surface area (Å²) in [5.74, 6) is 3.98. The van der Waals surface area contributed by atoms with E-state index in [-0.39, 0.29) is 0 Å². The quantitative estimate of drug-likeness (QED) is 0.718. The molecule has 0 amide bonds. The number of rotatable bonds is 3. The molecular weight excluding hydrogens is 328 g/mol. The van der Waals surface area contributed by atoms with Gasteiger partial charge < -0.3 is 4.90 Å². The van der Waals surface area contributed by atoms with Crippen molar-refractivity contribution in [3.8, 4) is 0 Å². The molecule has 2 aliphatic rings. The second kappa shape index (κ2) is 5.62. The maximum Gasteiger partial charge on any atom is 0.245 e. The van der Waals surface area contributed by atoms with Crippen LogP contribution in [-0.4, -0.2) is 47.4 Å². The van der Waals surface area contributed by atoms with E-state index in [1.165, 1.54) is 12.8 Å². The van der Waals surface area contributed by atoms with E-state index in [9.17, 15) is 0 Å². The summed E-state index contributed by atoms with van der Waals surface area (Å²) in [4.78, 5) is 15.9. The Morgan fingerprint density at radius 2 is 1.81 bits per heavy atom. The van der Waals surface area contributed by atoms with Crippen LogP contribution in [0.4, 0.5) is 5.95 Å². The zero-order valence-electron chi connectivity index (χ0n) is 15.3. The minimum Gasteiger partial charge on any atom is -0.339 e. The third-order valence-electron chi connectivity index (χ3n) is 5.66. The van der Waals surface area contributed by atoms with Crippen LogP contribution < -0.4 is 4.90 Å². The van der Waals surface area contributed by atoms with E-state index >= 15 is 0 Å². The van der Waals surface area contributed by atoms with E-state index < -0.39 is 0 Å². The molecule has 1 aliphatic carbocycles. The Balaban J connectivity index is 1.41. The van der Waals surface area contributed by atoms with Crippen LogP contribution in [-0.2, 0) is 7.05 Å². The number of anilines is 1. The smallest absolute Gasteiger partial charge is 0.245 e. The van der Waals surface area contributed by atoms with Gasteiger partial charge in [0, 0.05) is 26.3 Å². The fourth-order valence-electron chi connectivity index (χ4n) is 3.91. The fraction of sp³-hybridized carbons (Fsp3) is 0.500. The average molecular weight is 350 g/mol. The van der Waals surface area contributed by atoms with E-state index in [0.717, 1.165) is 53.7 Å². The highest BCUT2D eigenvalue weighted by Gasteiger charge is 2.40. The van der Waals surface area contributed by atoms with Crippen molar-refractivity contribution in [1.29, 1.82) is 0 Å². The first-order valence-corrected chi connectivity index (χ1v) is 9.11. The molecule has 8 heteroatoms. The van der Waals surface area contributed by atoms with Gasteiger partial charge in [-0.3, -0.25) is 4.98 Å². The fourth-order valence-corrected chi connectivity index (χ4v) is 3.91. The van der Waals surface area contributed by atoms with Gasteiger partial charge in [-0.2, -0.15) is 4.98 Å². The minimum atomic E-state index is 0.646. The van der Waals surface area contributed by atoms with E-state index in [4.69, 9.17) is 4.98 Å². The molecule has 4 heterocycles. The van der Waals surface area contributed by atoms with Gasteiger partial charge in [-0.1, -0.05) is 0 Å². The first-order chi connectivity index (χ1) is 12.6. The molecule has 2 fully saturated rings. The summed E-state index contributed by atoms with van der Waals surface area (Å²) in [6, 6.07) is 0. The molecule has 0 aromatic carbocycles. The van der Waals surface area contributed by atoms with Crippen LogP contribution in [0.2, 0.25) is 0 Å². The normalized spacial score (nSPS) is 22.3. The van der Waals surface area contributed by atoms with Gasteiger partial charge in [0.1, 0.15) is 0 Å². The molecule has 5 rings (SSSR count). The largest absolute Gasteiger partial charge is 0.339 e. The van der Waals surface area contributed by atoms with Gasteiger partial charge in [-0.05, 0) is 50.7 Å². The van der Waals surface area contributed by atoms with Crippen LogP contribution in [0.15, 0.2) is 6.20 Å². The molecule has 2 atom stereocenters. The van der Waals surface area contributed by atoms with Crippen LogP contribution in [0.1, 0.15) is 35.9 Å². The average Bonchev–Trinajstić information content (AvgIpc) is 3.27. The van der Waals surface area contributed by atoms with Crippen molar-refractivity contribution in [2.45, 2.75) is 26.7 Å². The summed E-state index contributed by atoms with van der Waals surface area (Å²) in [5, 5.41) is 9.14. The third-order valence-corrected chi connectivity index (χ3v) is 5.66. The van der Waals surface area contributed by atoms with Gasteiger partial charge in [0.2, 0.25) is 5.95 Å². The predicted molar refractivity (Wildman–Crippen MR) is 98.6 cm³/mol. The van der Waals surface area contributed by atoms with Crippen LogP contribution >= 0.6 is 0 Å². The summed E-state index contributed by atoms with van der Waals surface area (Å²) < 4.78 is 3.64. The summed E-state index contributed by atoms with van der Waals surface area (Å²) in [7, 11) is 1.93. The highest BCUT2D eigenvalue weighted by atomic mass is 15.4. The second-order valence-corrected chi connectivity index (χ2v) is 7.42. The molecule has 0 spiro atoms. The molecule has 8 nitrogen and oxygen atoms in total. The number of aryl methyl sites for hydroxylation is 3. The topological polar surface area (TPSA) is 77.0 Å². The summed E-state index contributed by atoms with van der Waals surface area (Å²) in [6.07, 6.45) is 8.33. The maximum absolute atomic E-state index is 4.71. The number of aromatic nitrogens is 7. The molecule has 0 bridgehead atoms. The SMILES string of the molecule is Cc1ncc(C)n2nc(/C=C/c3nc(N4CC5CCC5C4)nn3C)nc12. The molecule has 3 aromatic rings.